The van der Waals surface area contributed by atoms with Crippen molar-refractivity contribution in [2.75, 3.05) is 5.32 Å². The maximum Gasteiger partial charge on any atom is 0.262 e. The van der Waals surface area contributed by atoms with E-state index in [1.807, 2.05) is 24.3 Å². The minimum Gasteiger partial charge on any atom is -0.323 e. The van der Waals surface area contributed by atoms with Crippen molar-refractivity contribution in [3.8, 4) is 0 Å². The van der Waals surface area contributed by atoms with E-state index in [0.29, 0.717) is 6.42 Å². The second-order valence-electron chi connectivity index (χ2n) is 4.35. The van der Waals surface area contributed by atoms with Crippen LogP contribution in [-0.4, -0.2) is 11.6 Å². The Labute approximate surface area is 87.5 Å². The number of benzene rings is 1. The van der Waals surface area contributed by atoms with Crippen LogP contribution in [0.3, 0.4) is 0 Å². The first kappa shape index (κ1) is 8.89. The van der Waals surface area contributed by atoms with Crippen molar-refractivity contribution < 1.29 is 9.18 Å². The second-order valence-corrected chi connectivity index (χ2v) is 4.35. The number of alkyl halides is 1. The lowest BCUT2D eigenvalue weighted by Crippen LogP contribution is -2.44. The van der Waals surface area contributed by atoms with Gasteiger partial charge in [0.25, 0.3) is 5.91 Å². The molecule has 1 aromatic rings. The van der Waals surface area contributed by atoms with E-state index in [1.165, 1.54) is 0 Å². The standard InChI is InChI=1S/C12H12FNO/c13-12-7-3-5-9(12)8-4-1-2-6-10(8)14-11(12)15/h1-2,4,6,9H,3,5,7H2,(H,14,15). The van der Waals surface area contributed by atoms with Crippen molar-refractivity contribution >= 4 is 11.6 Å². The average Bonchev–Trinajstić information content (AvgIpc) is 2.63. The number of rotatable bonds is 0. The third-order valence-electron chi connectivity index (χ3n) is 3.55. The lowest BCUT2D eigenvalue weighted by atomic mass is 9.82. The quantitative estimate of drug-likeness (QED) is 0.693. The molecular weight excluding hydrogens is 193 g/mol. The summed E-state index contributed by atoms with van der Waals surface area (Å²) < 4.78 is 14.4. The Morgan fingerprint density at radius 2 is 2.20 bits per heavy atom. The summed E-state index contributed by atoms with van der Waals surface area (Å²) in [5.74, 6) is -0.689. The van der Waals surface area contributed by atoms with Crippen LogP contribution in [0.5, 0.6) is 0 Å². The topological polar surface area (TPSA) is 29.1 Å². The molecular formula is C12H12FNO. The molecule has 78 valence electrons. The zero-order chi connectivity index (χ0) is 10.5. The molecule has 0 aromatic heterocycles. The van der Waals surface area contributed by atoms with Crippen LogP contribution >= 0.6 is 0 Å². The molecule has 2 unspecified atom stereocenters. The zero-order valence-corrected chi connectivity index (χ0v) is 8.29. The van der Waals surface area contributed by atoms with Crippen LogP contribution in [0, 0.1) is 0 Å². The molecule has 1 saturated carbocycles. The third kappa shape index (κ3) is 1.06. The van der Waals surface area contributed by atoms with Gasteiger partial charge in [-0.1, -0.05) is 18.2 Å². The maximum absolute atomic E-state index is 14.4. The van der Waals surface area contributed by atoms with Crippen LogP contribution in [0.25, 0.3) is 0 Å². The Hall–Kier alpha value is -1.38. The normalized spacial score (nSPS) is 33.1. The summed E-state index contributed by atoms with van der Waals surface area (Å²) in [6, 6.07) is 7.51. The van der Waals surface area contributed by atoms with Gasteiger partial charge >= 0.3 is 0 Å². The summed E-state index contributed by atoms with van der Waals surface area (Å²) >= 11 is 0. The molecule has 0 radical (unpaired) electrons. The van der Waals surface area contributed by atoms with Crippen LogP contribution in [0.15, 0.2) is 24.3 Å². The number of fused-ring (bicyclic) bond motifs is 3. The molecule has 0 saturated heterocycles. The van der Waals surface area contributed by atoms with Crippen LogP contribution in [0.1, 0.15) is 30.7 Å². The molecule has 1 fully saturated rings. The van der Waals surface area contributed by atoms with E-state index in [-0.39, 0.29) is 5.92 Å². The van der Waals surface area contributed by atoms with Crippen LogP contribution < -0.4 is 5.32 Å². The van der Waals surface area contributed by atoms with E-state index in [9.17, 15) is 9.18 Å². The van der Waals surface area contributed by atoms with Crippen LogP contribution in [0.4, 0.5) is 10.1 Å². The predicted octanol–water partition coefficient (Wildman–Crippen LogP) is 2.61. The average molecular weight is 205 g/mol. The summed E-state index contributed by atoms with van der Waals surface area (Å²) in [5.41, 5.74) is 0.0775. The summed E-state index contributed by atoms with van der Waals surface area (Å²) in [6.07, 6.45) is 1.93. The van der Waals surface area contributed by atoms with Gasteiger partial charge in [-0.15, -0.1) is 0 Å². The largest absolute Gasteiger partial charge is 0.323 e. The highest BCUT2D eigenvalue weighted by Crippen LogP contribution is 2.50. The first-order valence-electron chi connectivity index (χ1n) is 5.31. The second kappa shape index (κ2) is 2.81. The molecule has 0 spiro atoms. The summed E-state index contributed by atoms with van der Waals surface area (Å²) in [5, 5.41) is 2.66. The molecule has 3 heteroatoms. The van der Waals surface area contributed by atoms with Crippen molar-refractivity contribution in [2.45, 2.75) is 30.8 Å². The molecule has 2 nitrogen and oxygen atoms in total. The lowest BCUT2D eigenvalue weighted by Gasteiger charge is -2.33. The Morgan fingerprint density at radius 1 is 1.40 bits per heavy atom. The van der Waals surface area contributed by atoms with Crippen molar-refractivity contribution in [3.05, 3.63) is 29.8 Å². The monoisotopic (exact) mass is 205 g/mol. The van der Waals surface area contributed by atoms with Gasteiger partial charge in [-0.25, -0.2) is 4.39 Å². The van der Waals surface area contributed by atoms with Gasteiger partial charge in [0.05, 0.1) is 0 Å². The molecule has 1 aliphatic heterocycles. The smallest absolute Gasteiger partial charge is 0.262 e. The molecule has 0 bridgehead atoms. The van der Waals surface area contributed by atoms with Gasteiger partial charge in [0.1, 0.15) is 0 Å². The number of para-hydroxylation sites is 1. The van der Waals surface area contributed by atoms with Crippen LogP contribution in [-0.2, 0) is 4.79 Å². The summed E-state index contributed by atoms with van der Waals surface area (Å²) in [6.45, 7) is 0. The molecule has 2 aliphatic rings. The lowest BCUT2D eigenvalue weighted by molar-refractivity contribution is -0.128. The first-order valence-corrected chi connectivity index (χ1v) is 5.31. The van der Waals surface area contributed by atoms with E-state index < -0.39 is 11.6 Å². The minimum atomic E-state index is -1.66. The van der Waals surface area contributed by atoms with Gasteiger partial charge in [-0.05, 0) is 30.9 Å². The fourth-order valence-electron chi connectivity index (χ4n) is 2.78. The highest BCUT2D eigenvalue weighted by Gasteiger charge is 2.53. The fourth-order valence-corrected chi connectivity index (χ4v) is 2.78. The van der Waals surface area contributed by atoms with Crippen molar-refractivity contribution in [2.24, 2.45) is 0 Å². The van der Waals surface area contributed by atoms with Crippen molar-refractivity contribution in [1.29, 1.82) is 0 Å². The van der Waals surface area contributed by atoms with Crippen LogP contribution in [0.2, 0.25) is 0 Å². The molecule has 1 aromatic carbocycles. The summed E-state index contributed by atoms with van der Waals surface area (Å²) in [4.78, 5) is 11.7. The van der Waals surface area contributed by atoms with Gasteiger partial charge in [0.15, 0.2) is 5.67 Å². The Balaban J connectivity index is 2.17. The molecule has 15 heavy (non-hydrogen) atoms. The zero-order valence-electron chi connectivity index (χ0n) is 8.29. The van der Waals surface area contributed by atoms with Gasteiger partial charge < -0.3 is 5.32 Å². The predicted molar refractivity (Wildman–Crippen MR) is 55.5 cm³/mol. The fraction of sp³-hybridized carbons (Fsp3) is 0.417. The van der Waals surface area contributed by atoms with Gasteiger partial charge in [-0.3, -0.25) is 4.79 Å². The SMILES string of the molecule is O=C1Nc2ccccc2C2CCCC12F. The molecule has 1 N–H and O–H groups in total. The number of amides is 1. The highest BCUT2D eigenvalue weighted by atomic mass is 19.1. The van der Waals surface area contributed by atoms with E-state index in [2.05, 4.69) is 5.32 Å². The summed E-state index contributed by atoms with van der Waals surface area (Å²) in [7, 11) is 0. The number of nitrogens with one attached hydrogen (secondary N) is 1. The van der Waals surface area contributed by atoms with Crippen molar-refractivity contribution in [3.63, 3.8) is 0 Å². The molecule has 3 rings (SSSR count). The van der Waals surface area contributed by atoms with Gasteiger partial charge in [0, 0.05) is 11.6 Å². The Bertz CT molecular complexity index is 431. The van der Waals surface area contributed by atoms with E-state index in [0.717, 1.165) is 24.1 Å². The Morgan fingerprint density at radius 3 is 3.07 bits per heavy atom. The molecule has 1 aliphatic carbocycles. The number of anilines is 1. The van der Waals surface area contributed by atoms with E-state index in [4.69, 9.17) is 0 Å². The Kier molecular flexibility index (Phi) is 1.67. The highest BCUT2D eigenvalue weighted by molar-refractivity contribution is 6.01. The van der Waals surface area contributed by atoms with E-state index in [1.54, 1.807) is 0 Å². The van der Waals surface area contributed by atoms with Gasteiger partial charge in [-0.2, -0.15) is 0 Å². The molecule has 1 heterocycles. The number of hydrogen-bond donors (Lipinski definition) is 1. The third-order valence-corrected chi connectivity index (χ3v) is 3.55. The first-order chi connectivity index (χ1) is 7.22. The van der Waals surface area contributed by atoms with E-state index >= 15 is 0 Å². The number of carbonyl (C=O) groups excluding carboxylic acids is 1. The molecule has 2 atom stereocenters. The number of carbonyl (C=O) groups is 1. The number of halogens is 1. The number of hydrogen-bond acceptors (Lipinski definition) is 1. The van der Waals surface area contributed by atoms with Crippen molar-refractivity contribution in [1.82, 2.24) is 0 Å². The minimum absolute atomic E-state index is 0.234. The molecule has 1 amide bonds. The maximum atomic E-state index is 14.4. The van der Waals surface area contributed by atoms with Gasteiger partial charge in [0.2, 0.25) is 0 Å².